The lowest BCUT2D eigenvalue weighted by Crippen LogP contribution is -2.90. The summed E-state index contributed by atoms with van der Waals surface area (Å²) in [5.41, 5.74) is 0.689. The van der Waals surface area contributed by atoms with Crippen LogP contribution in [0.15, 0.2) is 11.1 Å². The van der Waals surface area contributed by atoms with Gasteiger partial charge in [-0.2, -0.15) is 0 Å². The average Bonchev–Trinajstić information content (AvgIpc) is 3.38. The zero-order valence-electron chi connectivity index (χ0n) is 18.4. The molecule has 3 saturated heterocycles. The number of carbonyl (C=O) groups excluding carboxylic acids is 1. The lowest BCUT2D eigenvalue weighted by molar-refractivity contribution is -0.493. The Morgan fingerprint density at radius 1 is 1.23 bits per heavy atom. The molecule has 4 saturated carbocycles. The van der Waals surface area contributed by atoms with Gasteiger partial charge < -0.3 is 24.4 Å². The Hall–Kier alpha value is -0.790. The molecule has 8 rings (SSSR count). The van der Waals surface area contributed by atoms with Gasteiger partial charge in [-0.05, 0) is 57.3 Å². The number of aliphatic hydroxyl groups is 2. The van der Waals surface area contributed by atoms with Crippen molar-refractivity contribution in [2.75, 3.05) is 6.61 Å². The summed E-state index contributed by atoms with van der Waals surface area (Å²) in [7, 11) is 0. The van der Waals surface area contributed by atoms with Crippen LogP contribution in [-0.4, -0.2) is 52.5 Å². The molecular weight excluding hydrogens is 384 g/mol. The first-order valence-corrected chi connectivity index (χ1v) is 11.6. The van der Waals surface area contributed by atoms with E-state index < -0.39 is 23.1 Å². The van der Waals surface area contributed by atoms with Crippen molar-refractivity contribution in [2.24, 2.45) is 39.9 Å². The highest BCUT2D eigenvalue weighted by molar-refractivity contribution is 6.12. The number of carbonyl (C=O) groups is 1. The van der Waals surface area contributed by atoms with Gasteiger partial charge in [-0.3, -0.25) is 4.79 Å². The van der Waals surface area contributed by atoms with Crippen LogP contribution in [0, 0.1) is 39.9 Å². The van der Waals surface area contributed by atoms with Crippen molar-refractivity contribution in [3.05, 3.63) is 11.1 Å². The van der Waals surface area contributed by atoms with Crippen LogP contribution >= 0.6 is 0 Å². The first-order chi connectivity index (χ1) is 13.9. The van der Waals surface area contributed by atoms with E-state index in [9.17, 15) is 15.0 Å². The second kappa shape index (κ2) is 4.76. The van der Waals surface area contributed by atoms with Crippen molar-refractivity contribution < 1.29 is 29.2 Å². The zero-order chi connectivity index (χ0) is 21.2. The molecule has 2 bridgehead atoms. The SMILES string of the molecule is CC1=C2C(=O)C34C2C1CCC3C12COC4(OC(C)(C)O)C(O)C1C(C)(C)CC1OC12. The van der Waals surface area contributed by atoms with E-state index in [2.05, 4.69) is 20.8 Å². The van der Waals surface area contributed by atoms with Crippen molar-refractivity contribution in [3.63, 3.8) is 0 Å². The van der Waals surface area contributed by atoms with Gasteiger partial charge in [0.15, 0.2) is 11.6 Å². The molecule has 0 aromatic carbocycles. The van der Waals surface area contributed by atoms with Gasteiger partial charge in [-0.1, -0.05) is 19.4 Å². The van der Waals surface area contributed by atoms with E-state index in [4.69, 9.17) is 14.2 Å². The van der Waals surface area contributed by atoms with E-state index in [0.717, 1.165) is 24.8 Å². The summed E-state index contributed by atoms with van der Waals surface area (Å²) in [4.78, 5) is 13.9. The van der Waals surface area contributed by atoms with E-state index in [1.54, 1.807) is 13.8 Å². The van der Waals surface area contributed by atoms with Gasteiger partial charge in [0, 0.05) is 22.8 Å². The van der Waals surface area contributed by atoms with Crippen LogP contribution in [-0.2, 0) is 19.0 Å². The normalized spacial score (nSPS) is 58.8. The van der Waals surface area contributed by atoms with Gasteiger partial charge in [-0.15, -0.1) is 0 Å². The minimum Gasteiger partial charge on any atom is -0.387 e. The number of ether oxygens (including phenoxy) is 3. The molecule has 5 aliphatic carbocycles. The van der Waals surface area contributed by atoms with E-state index in [1.165, 1.54) is 5.57 Å². The van der Waals surface area contributed by atoms with Crippen LogP contribution in [0.2, 0.25) is 0 Å². The monoisotopic (exact) mass is 416 g/mol. The topological polar surface area (TPSA) is 88.5 Å². The molecule has 10 atom stereocenters. The maximum Gasteiger partial charge on any atom is 0.211 e. The molecule has 0 amide bonds. The van der Waals surface area contributed by atoms with Gasteiger partial charge in [-0.25, -0.2) is 0 Å². The smallest absolute Gasteiger partial charge is 0.211 e. The van der Waals surface area contributed by atoms with Crippen LogP contribution in [0.1, 0.15) is 53.9 Å². The van der Waals surface area contributed by atoms with Crippen molar-refractivity contribution in [1.29, 1.82) is 0 Å². The number of fused-ring (bicyclic) bond motifs is 2. The third-order valence-electron chi connectivity index (χ3n) is 10.3. The summed E-state index contributed by atoms with van der Waals surface area (Å²) in [6.45, 7) is 10.0. The van der Waals surface area contributed by atoms with Crippen LogP contribution in [0.25, 0.3) is 0 Å². The van der Waals surface area contributed by atoms with Gasteiger partial charge in [0.2, 0.25) is 5.79 Å². The minimum absolute atomic E-state index is 0.0473. The van der Waals surface area contributed by atoms with E-state index in [0.29, 0.717) is 12.5 Å². The molecule has 7 fully saturated rings. The molecule has 10 unspecified atom stereocenters. The largest absolute Gasteiger partial charge is 0.387 e. The summed E-state index contributed by atoms with van der Waals surface area (Å²) < 4.78 is 19.1. The van der Waals surface area contributed by atoms with E-state index >= 15 is 0 Å². The molecule has 3 aliphatic heterocycles. The number of ketones is 1. The van der Waals surface area contributed by atoms with Crippen molar-refractivity contribution >= 4 is 5.78 Å². The molecule has 0 radical (unpaired) electrons. The number of hydrogen-bond acceptors (Lipinski definition) is 6. The quantitative estimate of drug-likeness (QED) is 0.530. The zero-order valence-corrected chi connectivity index (χ0v) is 18.4. The summed E-state index contributed by atoms with van der Waals surface area (Å²) in [5.74, 6) is -2.57. The Kier molecular flexibility index (Phi) is 2.98. The molecule has 8 aliphatic rings. The predicted octanol–water partition coefficient (Wildman–Crippen LogP) is 2.17. The highest BCUT2D eigenvalue weighted by Crippen LogP contribution is 2.84. The molecular formula is C24H32O6. The molecule has 6 heteroatoms. The minimum atomic E-state index is -1.53. The third kappa shape index (κ3) is 1.57. The van der Waals surface area contributed by atoms with Crippen molar-refractivity contribution in [1.82, 2.24) is 0 Å². The number of Topliss-reactive ketones (excluding diaryl/α,β-unsaturated/α-hetero) is 1. The summed E-state index contributed by atoms with van der Waals surface area (Å²) in [5, 5.41) is 22.8. The van der Waals surface area contributed by atoms with Gasteiger partial charge >= 0.3 is 0 Å². The third-order valence-corrected chi connectivity index (χ3v) is 10.3. The summed E-state index contributed by atoms with van der Waals surface area (Å²) in [6.07, 6.45) is 2.13. The second-order valence-corrected chi connectivity index (χ2v) is 12.3. The first-order valence-electron chi connectivity index (χ1n) is 11.6. The Bertz CT molecular complexity index is 930. The van der Waals surface area contributed by atoms with Gasteiger partial charge in [0.25, 0.3) is 0 Å². The lowest BCUT2D eigenvalue weighted by atomic mass is 9.25. The van der Waals surface area contributed by atoms with Crippen LogP contribution in [0.5, 0.6) is 0 Å². The Labute approximate surface area is 176 Å². The molecule has 6 nitrogen and oxygen atoms in total. The summed E-state index contributed by atoms with van der Waals surface area (Å²) >= 11 is 0. The summed E-state index contributed by atoms with van der Waals surface area (Å²) in [6, 6.07) is 0. The molecule has 30 heavy (non-hydrogen) atoms. The maximum atomic E-state index is 13.9. The molecule has 3 heterocycles. The number of hydrogen-bond donors (Lipinski definition) is 2. The second-order valence-electron chi connectivity index (χ2n) is 12.3. The molecule has 2 N–H and O–H groups in total. The Balaban J connectivity index is 1.50. The molecule has 2 spiro atoms. The maximum absolute atomic E-state index is 13.9. The Morgan fingerprint density at radius 2 is 1.97 bits per heavy atom. The van der Waals surface area contributed by atoms with Crippen LogP contribution < -0.4 is 0 Å². The van der Waals surface area contributed by atoms with E-state index in [1.807, 2.05) is 0 Å². The average molecular weight is 417 g/mol. The predicted molar refractivity (Wildman–Crippen MR) is 105 cm³/mol. The molecule has 0 aromatic heterocycles. The van der Waals surface area contributed by atoms with E-state index in [-0.39, 0.29) is 46.6 Å². The standard InChI is InChI=1S/C24H32O6/c1-10-11-6-7-13-22-9-28-24(30-21(4,5)27,23(13)15(11)14(10)17(23)25)18(26)16(22)20(2,3)8-12-19(22)29-12/h11-13,15-16,18-19,26-27H,6-9H2,1-5H3. The molecule has 0 aromatic rings. The van der Waals surface area contributed by atoms with Crippen molar-refractivity contribution in [3.8, 4) is 0 Å². The fraction of sp³-hybridized carbons (Fsp3) is 0.875. The molecule has 164 valence electrons. The number of epoxide rings is 1. The lowest BCUT2D eigenvalue weighted by Gasteiger charge is -2.81. The van der Waals surface area contributed by atoms with Gasteiger partial charge in [0.05, 0.1) is 18.8 Å². The number of aliphatic hydroxyl groups excluding tert-OH is 1. The fourth-order valence-corrected chi connectivity index (χ4v) is 9.77. The van der Waals surface area contributed by atoms with Crippen LogP contribution in [0.3, 0.4) is 0 Å². The fourth-order valence-electron chi connectivity index (χ4n) is 9.77. The first kappa shape index (κ1) is 18.8. The van der Waals surface area contributed by atoms with Crippen LogP contribution in [0.4, 0.5) is 0 Å². The highest BCUT2D eigenvalue weighted by atomic mass is 16.8. The number of rotatable bonds is 2. The number of allylic oxidation sites excluding steroid dienone is 2. The Morgan fingerprint density at radius 3 is 2.67 bits per heavy atom. The highest BCUT2D eigenvalue weighted by Gasteiger charge is 2.92. The van der Waals surface area contributed by atoms with Crippen molar-refractivity contribution in [2.45, 2.75) is 83.8 Å². The van der Waals surface area contributed by atoms with Gasteiger partial charge in [0.1, 0.15) is 11.5 Å².